The van der Waals surface area contributed by atoms with E-state index in [1.807, 2.05) is 18.5 Å². The summed E-state index contributed by atoms with van der Waals surface area (Å²) < 4.78 is 1.94. The summed E-state index contributed by atoms with van der Waals surface area (Å²) in [4.78, 5) is 12.5. The SMILES string of the molecule is CCCn1nc(C)c(C(=O)NCC2(C)CCNCC2)c1C.Cl. The number of hydrogen-bond acceptors (Lipinski definition) is 3. The van der Waals surface area contributed by atoms with Crippen molar-refractivity contribution in [1.82, 2.24) is 20.4 Å². The first-order valence-corrected chi connectivity index (χ1v) is 8.00. The van der Waals surface area contributed by atoms with Crippen molar-refractivity contribution in [3.05, 3.63) is 17.0 Å². The highest BCUT2D eigenvalue weighted by atomic mass is 35.5. The molecule has 1 aliphatic heterocycles. The first kappa shape index (κ1) is 19.0. The quantitative estimate of drug-likeness (QED) is 0.873. The first-order chi connectivity index (χ1) is 9.97. The number of nitrogens with one attached hydrogen (secondary N) is 2. The Labute approximate surface area is 139 Å². The van der Waals surface area contributed by atoms with Crippen LogP contribution in [-0.4, -0.2) is 35.3 Å². The number of aryl methyl sites for hydroxylation is 2. The van der Waals surface area contributed by atoms with Gasteiger partial charge < -0.3 is 10.6 Å². The number of aromatic nitrogens is 2. The largest absolute Gasteiger partial charge is 0.351 e. The molecule has 5 nitrogen and oxygen atoms in total. The maximum absolute atomic E-state index is 12.5. The van der Waals surface area contributed by atoms with Crippen molar-refractivity contribution in [2.75, 3.05) is 19.6 Å². The smallest absolute Gasteiger partial charge is 0.255 e. The van der Waals surface area contributed by atoms with Crippen LogP contribution < -0.4 is 10.6 Å². The molecule has 22 heavy (non-hydrogen) atoms. The molecule has 1 amide bonds. The molecule has 0 aliphatic carbocycles. The first-order valence-electron chi connectivity index (χ1n) is 8.00. The average Bonchev–Trinajstić information content (AvgIpc) is 2.72. The Morgan fingerprint density at radius 2 is 2.00 bits per heavy atom. The van der Waals surface area contributed by atoms with Crippen LogP contribution in [0, 0.1) is 19.3 Å². The molecular weight excluding hydrogens is 300 g/mol. The fourth-order valence-electron chi connectivity index (χ4n) is 3.04. The van der Waals surface area contributed by atoms with Crippen LogP contribution in [0.25, 0.3) is 0 Å². The molecule has 2 N–H and O–H groups in total. The lowest BCUT2D eigenvalue weighted by molar-refractivity contribution is 0.0921. The van der Waals surface area contributed by atoms with Crippen LogP contribution in [0.5, 0.6) is 0 Å². The molecule has 1 saturated heterocycles. The summed E-state index contributed by atoms with van der Waals surface area (Å²) in [6.07, 6.45) is 3.24. The van der Waals surface area contributed by atoms with Crippen LogP contribution in [0.15, 0.2) is 0 Å². The lowest BCUT2D eigenvalue weighted by Crippen LogP contribution is -2.43. The molecule has 0 unspecified atom stereocenters. The second-order valence-electron chi connectivity index (χ2n) is 6.51. The Kier molecular flexibility index (Phi) is 6.88. The maximum Gasteiger partial charge on any atom is 0.255 e. The van der Waals surface area contributed by atoms with Gasteiger partial charge in [-0.3, -0.25) is 9.48 Å². The topological polar surface area (TPSA) is 59.0 Å². The van der Waals surface area contributed by atoms with Crippen molar-refractivity contribution >= 4 is 18.3 Å². The van der Waals surface area contributed by atoms with Crippen LogP contribution in [0.1, 0.15) is 54.9 Å². The third-order valence-electron chi connectivity index (χ3n) is 4.53. The van der Waals surface area contributed by atoms with Gasteiger partial charge in [0.05, 0.1) is 11.3 Å². The zero-order valence-electron chi connectivity index (χ0n) is 14.2. The van der Waals surface area contributed by atoms with Gasteiger partial charge in [-0.1, -0.05) is 13.8 Å². The van der Waals surface area contributed by atoms with Gasteiger partial charge in [-0.15, -0.1) is 12.4 Å². The van der Waals surface area contributed by atoms with E-state index in [4.69, 9.17) is 0 Å². The zero-order valence-corrected chi connectivity index (χ0v) is 15.0. The van der Waals surface area contributed by atoms with E-state index < -0.39 is 0 Å². The van der Waals surface area contributed by atoms with E-state index in [0.29, 0.717) is 0 Å². The normalized spacial score (nSPS) is 16.9. The van der Waals surface area contributed by atoms with E-state index in [2.05, 4.69) is 29.6 Å². The van der Waals surface area contributed by atoms with Crippen LogP contribution in [0.2, 0.25) is 0 Å². The molecule has 0 radical (unpaired) electrons. The molecule has 0 aromatic carbocycles. The summed E-state index contributed by atoms with van der Waals surface area (Å²) in [5, 5.41) is 11.0. The molecule has 1 aromatic heterocycles. The number of rotatable bonds is 5. The number of halogens is 1. The minimum atomic E-state index is 0. The predicted octanol–water partition coefficient (Wildman–Crippen LogP) is 2.45. The van der Waals surface area contributed by atoms with Gasteiger partial charge in [0.1, 0.15) is 0 Å². The van der Waals surface area contributed by atoms with E-state index in [-0.39, 0.29) is 23.7 Å². The predicted molar refractivity (Wildman–Crippen MR) is 91.8 cm³/mol. The van der Waals surface area contributed by atoms with Crippen molar-refractivity contribution in [2.45, 2.75) is 53.5 Å². The van der Waals surface area contributed by atoms with Crippen LogP contribution in [-0.2, 0) is 6.54 Å². The summed E-state index contributed by atoms with van der Waals surface area (Å²) in [6, 6.07) is 0. The third kappa shape index (κ3) is 4.23. The fraction of sp³-hybridized carbons (Fsp3) is 0.750. The number of carbonyl (C=O) groups is 1. The summed E-state index contributed by atoms with van der Waals surface area (Å²) >= 11 is 0. The molecule has 2 heterocycles. The van der Waals surface area contributed by atoms with E-state index in [1.165, 1.54) is 0 Å². The Balaban J connectivity index is 0.00000242. The van der Waals surface area contributed by atoms with Crippen molar-refractivity contribution in [3.63, 3.8) is 0 Å². The van der Waals surface area contributed by atoms with Gasteiger partial charge in [-0.2, -0.15) is 5.10 Å². The highest BCUT2D eigenvalue weighted by Gasteiger charge is 2.28. The Morgan fingerprint density at radius 3 is 2.59 bits per heavy atom. The molecule has 0 bridgehead atoms. The van der Waals surface area contributed by atoms with Gasteiger partial charge in [0.2, 0.25) is 0 Å². The van der Waals surface area contributed by atoms with E-state index in [9.17, 15) is 4.79 Å². The van der Waals surface area contributed by atoms with E-state index >= 15 is 0 Å². The van der Waals surface area contributed by atoms with Crippen LogP contribution in [0.4, 0.5) is 0 Å². The molecule has 1 fully saturated rings. The standard InChI is InChI=1S/C16H28N4O.ClH/c1-5-10-20-13(3)14(12(2)19-20)15(21)18-11-16(4)6-8-17-9-7-16;/h17H,5-11H2,1-4H3,(H,18,21);1H. The molecule has 0 saturated carbocycles. The second-order valence-corrected chi connectivity index (χ2v) is 6.51. The molecule has 0 atom stereocenters. The molecule has 126 valence electrons. The van der Waals surface area contributed by atoms with E-state index in [0.717, 1.165) is 62.4 Å². The Morgan fingerprint density at radius 1 is 1.36 bits per heavy atom. The zero-order chi connectivity index (χ0) is 15.5. The highest BCUT2D eigenvalue weighted by molar-refractivity contribution is 5.96. The minimum absolute atomic E-state index is 0. The Bertz CT molecular complexity index is 506. The van der Waals surface area contributed by atoms with E-state index in [1.54, 1.807) is 0 Å². The summed E-state index contributed by atoms with van der Waals surface area (Å²) in [6.45, 7) is 12.0. The van der Waals surface area contributed by atoms with Crippen LogP contribution >= 0.6 is 12.4 Å². The number of hydrogen-bond donors (Lipinski definition) is 2. The van der Waals surface area contributed by atoms with Crippen molar-refractivity contribution in [1.29, 1.82) is 0 Å². The highest BCUT2D eigenvalue weighted by Crippen LogP contribution is 2.27. The molecule has 6 heteroatoms. The van der Waals surface area contributed by atoms with Gasteiger partial charge in [0.15, 0.2) is 0 Å². The molecule has 0 spiro atoms. The minimum Gasteiger partial charge on any atom is -0.351 e. The number of piperidine rings is 1. The van der Waals surface area contributed by atoms with Gasteiger partial charge in [-0.25, -0.2) is 0 Å². The average molecular weight is 329 g/mol. The molecular formula is C16H29ClN4O. The number of amides is 1. The Hall–Kier alpha value is -1.07. The van der Waals surface area contributed by atoms with Crippen molar-refractivity contribution in [3.8, 4) is 0 Å². The molecule has 2 rings (SSSR count). The summed E-state index contributed by atoms with van der Waals surface area (Å²) in [7, 11) is 0. The number of nitrogens with zero attached hydrogens (tertiary/aromatic N) is 2. The third-order valence-corrected chi connectivity index (χ3v) is 4.53. The molecule has 1 aliphatic rings. The van der Waals surface area contributed by atoms with Crippen molar-refractivity contribution < 1.29 is 4.79 Å². The van der Waals surface area contributed by atoms with Gasteiger partial charge in [-0.05, 0) is 51.6 Å². The molecule has 1 aromatic rings. The number of carbonyl (C=O) groups excluding carboxylic acids is 1. The monoisotopic (exact) mass is 328 g/mol. The van der Waals surface area contributed by atoms with Gasteiger partial charge in [0, 0.05) is 18.8 Å². The summed E-state index contributed by atoms with van der Waals surface area (Å²) in [5.74, 6) is 0.0205. The summed E-state index contributed by atoms with van der Waals surface area (Å²) in [5.41, 5.74) is 2.76. The second kappa shape index (κ2) is 7.97. The maximum atomic E-state index is 12.5. The van der Waals surface area contributed by atoms with Crippen molar-refractivity contribution in [2.24, 2.45) is 5.41 Å². The lowest BCUT2D eigenvalue weighted by Gasteiger charge is -2.34. The fourth-order valence-corrected chi connectivity index (χ4v) is 3.04. The van der Waals surface area contributed by atoms with Gasteiger partial charge >= 0.3 is 0 Å². The van der Waals surface area contributed by atoms with Crippen LogP contribution in [0.3, 0.4) is 0 Å². The lowest BCUT2D eigenvalue weighted by atomic mass is 9.81. The van der Waals surface area contributed by atoms with Gasteiger partial charge in [0.25, 0.3) is 5.91 Å².